The molecule has 2 heterocycles. The molecule has 5 rings (SSSR count). The average molecular weight is 435 g/mol. The number of rotatable bonds is 6. The molecule has 2 aromatic rings. The summed E-state index contributed by atoms with van der Waals surface area (Å²) in [5.74, 6) is -0.163. The number of urea groups is 1. The molecule has 0 bridgehead atoms. The Morgan fingerprint density at radius 2 is 1.62 bits per heavy atom. The number of hydrogen-bond acceptors (Lipinski definition) is 6. The van der Waals surface area contributed by atoms with Crippen molar-refractivity contribution in [3.05, 3.63) is 59.2 Å². The van der Waals surface area contributed by atoms with Gasteiger partial charge in [0.1, 0.15) is 0 Å². The third-order valence-corrected chi connectivity index (χ3v) is 6.41. The standard InChI is InChI=1S/C24H25N3O5/c1-31-19-12-16-10-11-25(14-26-22(28)23(29)27(24(26)30)17-8-9-17)21(15-6-4-3-5-7-15)18(16)13-20(19)32-2/h3-7,12-13,17,21H,8-11,14H2,1-2H3/t21-/m1/s1. The largest absolute Gasteiger partial charge is 0.493 e. The summed E-state index contributed by atoms with van der Waals surface area (Å²) in [7, 11) is 3.21. The van der Waals surface area contributed by atoms with Crippen LogP contribution in [-0.4, -0.2) is 66.0 Å². The van der Waals surface area contributed by atoms with E-state index in [1.807, 2.05) is 42.5 Å². The Morgan fingerprint density at radius 3 is 2.28 bits per heavy atom. The lowest BCUT2D eigenvalue weighted by Gasteiger charge is -2.39. The molecule has 8 heteroatoms. The monoisotopic (exact) mass is 435 g/mol. The fraction of sp³-hybridized carbons (Fsp3) is 0.375. The summed E-state index contributed by atoms with van der Waals surface area (Å²) in [5.41, 5.74) is 3.19. The minimum atomic E-state index is -0.744. The topological polar surface area (TPSA) is 79.4 Å². The van der Waals surface area contributed by atoms with Crippen LogP contribution in [0.2, 0.25) is 0 Å². The first-order valence-corrected chi connectivity index (χ1v) is 10.8. The second kappa shape index (κ2) is 7.94. The fourth-order valence-electron chi connectivity index (χ4n) is 4.66. The molecule has 0 spiro atoms. The van der Waals surface area contributed by atoms with Gasteiger partial charge in [-0.1, -0.05) is 30.3 Å². The Hall–Kier alpha value is -3.39. The molecule has 2 aliphatic heterocycles. The zero-order valence-electron chi connectivity index (χ0n) is 18.1. The SMILES string of the molecule is COc1cc2c(cc1OC)[C@@H](c1ccccc1)N(CN1C(=O)C(=O)N(C3CC3)C1=O)CC2. The van der Waals surface area contributed by atoms with Crippen LogP contribution in [0.25, 0.3) is 0 Å². The van der Waals surface area contributed by atoms with Gasteiger partial charge in [0, 0.05) is 12.6 Å². The molecule has 0 unspecified atom stereocenters. The molecule has 4 amide bonds. The molecular formula is C24H25N3O5. The van der Waals surface area contributed by atoms with E-state index in [2.05, 4.69) is 4.90 Å². The maximum absolute atomic E-state index is 12.9. The van der Waals surface area contributed by atoms with Crippen molar-refractivity contribution in [2.24, 2.45) is 0 Å². The van der Waals surface area contributed by atoms with E-state index in [1.54, 1.807) is 14.2 Å². The first kappa shape index (κ1) is 20.5. The van der Waals surface area contributed by atoms with Crippen LogP contribution in [0.4, 0.5) is 4.79 Å². The molecule has 3 aliphatic rings. The molecule has 2 aromatic carbocycles. The van der Waals surface area contributed by atoms with Gasteiger partial charge in [-0.3, -0.25) is 19.4 Å². The van der Waals surface area contributed by atoms with Crippen molar-refractivity contribution in [1.82, 2.24) is 14.7 Å². The van der Waals surface area contributed by atoms with E-state index in [1.165, 1.54) is 0 Å². The Morgan fingerprint density at radius 1 is 0.938 bits per heavy atom. The van der Waals surface area contributed by atoms with Gasteiger partial charge in [0.15, 0.2) is 11.5 Å². The van der Waals surface area contributed by atoms with Crippen LogP contribution >= 0.6 is 0 Å². The van der Waals surface area contributed by atoms with Gasteiger partial charge in [-0.25, -0.2) is 9.69 Å². The summed E-state index contributed by atoms with van der Waals surface area (Å²) in [6.45, 7) is 0.677. The molecule has 0 N–H and O–H groups in total. The predicted octanol–water partition coefficient (Wildman–Crippen LogP) is 2.56. The third kappa shape index (κ3) is 3.31. The van der Waals surface area contributed by atoms with Crippen LogP contribution in [0.3, 0.4) is 0 Å². The summed E-state index contributed by atoms with van der Waals surface area (Å²) < 4.78 is 11.0. The molecule has 8 nitrogen and oxygen atoms in total. The Kier molecular flexibility index (Phi) is 5.09. The van der Waals surface area contributed by atoms with Crippen LogP contribution in [0.5, 0.6) is 11.5 Å². The summed E-state index contributed by atoms with van der Waals surface area (Å²) in [5, 5.41) is 0. The second-order valence-electron chi connectivity index (χ2n) is 8.35. The highest BCUT2D eigenvalue weighted by atomic mass is 16.5. The van der Waals surface area contributed by atoms with Gasteiger partial charge >= 0.3 is 17.8 Å². The van der Waals surface area contributed by atoms with Gasteiger partial charge in [-0.05, 0) is 48.1 Å². The normalized spacial score (nSPS) is 21.2. The predicted molar refractivity (Wildman–Crippen MR) is 115 cm³/mol. The second-order valence-corrected chi connectivity index (χ2v) is 8.35. The summed E-state index contributed by atoms with van der Waals surface area (Å²) in [6.07, 6.45) is 2.25. The number of benzene rings is 2. The van der Waals surface area contributed by atoms with Crippen molar-refractivity contribution in [3.8, 4) is 11.5 Å². The van der Waals surface area contributed by atoms with E-state index in [0.717, 1.165) is 45.8 Å². The van der Waals surface area contributed by atoms with Crippen LogP contribution in [0, 0.1) is 0 Å². The molecule has 1 aliphatic carbocycles. The first-order valence-electron chi connectivity index (χ1n) is 10.8. The van der Waals surface area contributed by atoms with Gasteiger partial charge in [0.2, 0.25) is 0 Å². The maximum atomic E-state index is 12.9. The molecule has 1 saturated heterocycles. The van der Waals surface area contributed by atoms with Crippen LogP contribution in [0.1, 0.15) is 35.6 Å². The number of imide groups is 2. The van der Waals surface area contributed by atoms with Crippen molar-refractivity contribution >= 4 is 17.8 Å². The quantitative estimate of drug-likeness (QED) is 0.513. The number of carbonyl (C=O) groups is 3. The van der Waals surface area contributed by atoms with Crippen LogP contribution in [0.15, 0.2) is 42.5 Å². The molecule has 1 saturated carbocycles. The number of carbonyl (C=O) groups excluding carboxylic acids is 3. The van der Waals surface area contributed by atoms with Crippen molar-refractivity contribution in [2.75, 3.05) is 27.4 Å². The highest BCUT2D eigenvalue weighted by molar-refractivity contribution is 6.44. The Bertz CT molecular complexity index is 1080. The highest BCUT2D eigenvalue weighted by Gasteiger charge is 2.51. The number of nitrogens with zero attached hydrogens (tertiary/aromatic N) is 3. The van der Waals surface area contributed by atoms with E-state index < -0.39 is 17.8 Å². The molecule has 0 radical (unpaired) electrons. The third-order valence-electron chi connectivity index (χ3n) is 6.41. The summed E-state index contributed by atoms with van der Waals surface area (Å²) >= 11 is 0. The van der Waals surface area contributed by atoms with Gasteiger partial charge in [0.25, 0.3) is 0 Å². The van der Waals surface area contributed by atoms with Crippen molar-refractivity contribution in [2.45, 2.75) is 31.3 Å². The van der Waals surface area contributed by atoms with Gasteiger partial charge in [0.05, 0.1) is 26.9 Å². The van der Waals surface area contributed by atoms with Crippen molar-refractivity contribution < 1.29 is 23.9 Å². The molecule has 1 atom stereocenters. The zero-order valence-corrected chi connectivity index (χ0v) is 18.1. The van der Waals surface area contributed by atoms with Gasteiger partial charge in [-0.15, -0.1) is 0 Å². The van der Waals surface area contributed by atoms with Crippen molar-refractivity contribution in [3.63, 3.8) is 0 Å². The van der Waals surface area contributed by atoms with Crippen LogP contribution in [-0.2, 0) is 16.0 Å². The van der Waals surface area contributed by atoms with E-state index in [-0.39, 0.29) is 18.8 Å². The smallest absolute Gasteiger partial charge is 0.335 e. The van der Waals surface area contributed by atoms with Gasteiger partial charge in [-0.2, -0.15) is 0 Å². The number of methoxy groups -OCH3 is 2. The molecule has 32 heavy (non-hydrogen) atoms. The van der Waals surface area contributed by atoms with Crippen LogP contribution < -0.4 is 9.47 Å². The number of fused-ring (bicyclic) bond motifs is 1. The highest BCUT2D eigenvalue weighted by Crippen LogP contribution is 2.41. The molecule has 0 aromatic heterocycles. The Balaban J connectivity index is 1.52. The number of ether oxygens (including phenoxy) is 2. The average Bonchev–Trinajstić information content (AvgIpc) is 3.63. The Labute approximate surface area is 186 Å². The maximum Gasteiger partial charge on any atom is 0.335 e. The molecule has 2 fully saturated rings. The molecular weight excluding hydrogens is 410 g/mol. The lowest BCUT2D eigenvalue weighted by Crippen LogP contribution is -2.46. The van der Waals surface area contributed by atoms with E-state index in [4.69, 9.17) is 9.47 Å². The van der Waals surface area contributed by atoms with E-state index in [9.17, 15) is 14.4 Å². The lowest BCUT2D eigenvalue weighted by atomic mass is 9.88. The van der Waals surface area contributed by atoms with E-state index in [0.29, 0.717) is 18.0 Å². The summed E-state index contributed by atoms with van der Waals surface area (Å²) in [4.78, 5) is 42.3. The minimum Gasteiger partial charge on any atom is -0.493 e. The van der Waals surface area contributed by atoms with E-state index >= 15 is 0 Å². The van der Waals surface area contributed by atoms with Crippen molar-refractivity contribution in [1.29, 1.82) is 0 Å². The zero-order chi connectivity index (χ0) is 22.4. The summed E-state index contributed by atoms with van der Waals surface area (Å²) in [6, 6.07) is 13.0. The minimum absolute atomic E-state index is 0.0555. The number of hydrogen-bond donors (Lipinski definition) is 0. The number of amides is 4. The van der Waals surface area contributed by atoms with Gasteiger partial charge < -0.3 is 9.47 Å². The lowest BCUT2D eigenvalue weighted by molar-refractivity contribution is -0.144. The first-order chi connectivity index (χ1) is 15.5. The molecule has 166 valence electrons. The fourth-order valence-corrected chi connectivity index (χ4v) is 4.66.